The molecular weight excluding hydrogens is 236 g/mol. The maximum absolute atomic E-state index is 7.00. The largest absolute Gasteiger partial charge is 0.400 e. The van der Waals surface area contributed by atoms with Gasteiger partial charge in [-0.1, -0.05) is 31.2 Å². The molecule has 2 aromatic heterocycles. The summed E-state index contributed by atoms with van der Waals surface area (Å²) in [5.41, 5.74) is 4.77. The zero-order chi connectivity index (χ0) is 13.7. The molecule has 0 aliphatic rings. The Labute approximate surface area is 112 Å². The zero-order valence-corrected chi connectivity index (χ0v) is 11.2. The lowest BCUT2D eigenvalue weighted by Gasteiger charge is -2.01. The number of benzene rings is 1. The summed E-state index contributed by atoms with van der Waals surface area (Å²) in [7, 11) is 1.00. The number of hydrogen-bond donors (Lipinski definition) is 2. The Hall–Kier alpha value is -2.13. The summed E-state index contributed by atoms with van der Waals surface area (Å²) in [5, 5.41) is 8.18. The number of aliphatic hydroxyl groups is 1. The molecule has 0 bridgehead atoms. The van der Waals surface area contributed by atoms with Crippen LogP contribution in [0.15, 0.2) is 48.8 Å². The number of aryl methyl sites for hydroxylation is 1. The monoisotopic (exact) mass is 254 g/mol. The van der Waals surface area contributed by atoms with Gasteiger partial charge in [0.2, 0.25) is 0 Å². The van der Waals surface area contributed by atoms with Gasteiger partial charge in [0.05, 0.1) is 0 Å². The van der Waals surface area contributed by atoms with Crippen LogP contribution in [0.2, 0.25) is 0 Å². The first-order chi connectivity index (χ1) is 9.38. The van der Waals surface area contributed by atoms with E-state index in [0.29, 0.717) is 0 Å². The van der Waals surface area contributed by atoms with Crippen LogP contribution in [0, 0.1) is 0 Å². The highest BCUT2D eigenvalue weighted by molar-refractivity contribution is 5.93. The van der Waals surface area contributed by atoms with Crippen molar-refractivity contribution in [2.24, 2.45) is 0 Å². The van der Waals surface area contributed by atoms with Crippen LogP contribution in [-0.2, 0) is 6.42 Å². The van der Waals surface area contributed by atoms with Gasteiger partial charge >= 0.3 is 0 Å². The normalized spacial score (nSPS) is 10.1. The van der Waals surface area contributed by atoms with E-state index in [4.69, 9.17) is 5.11 Å². The van der Waals surface area contributed by atoms with E-state index >= 15 is 0 Å². The van der Waals surface area contributed by atoms with Crippen LogP contribution in [0.25, 0.3) is 22.2 Å². The Balaban J connectivity index is 0.000000637. The van der Waals surface area contributed by atoms with Crippen LogP contribution < -0.4 is 0 Å². The molecule has 0 saturated carbocycles. The van der Waals surface area contributed by atoms with E-state index in [1.807, 2.05) is 18.5 Å². The third kappa shape index (κ3) is 2.66. The Morgan fingerprint density at radius 1 is 1.11 bits per heavy atom. The maximum Gasteiger partial charge on any atom is 0.137 e. The summed E-state index contributed by atoms with van der Waals surface area (Å²) < 4.78 is 0. The predicted molar refractivity (Wildman–Crippen MR) is 79.1 cm³/mol. The number of H-pyrrole nitrogens is 1. The molecule has 0 unspecified atom stereocenters. The number of aliphatic hydroxyl groups excluding tert-OH is 1. The molecule has 98 valence electrons. The van der Waals surface area contributed by atoms with Crippen molar-refractivity contribution in [2.75, 3.05) is 7.11 Å². The van der Waals surface area contributed by atoms with E-state index < -0.39 is 0 Å². The first kappa shape index (κ1) is 13.3. The zero-order valence-electron chi connectivity index (χ0n) is 11.2. The van der Waals surface area contributed by atoms with Gasteiger partial charge in [-0.3, -0.25) is 0 Å². The molecule has 0 fully saturated rings. The summed E-state index contributed by atoms with van der Waals surface area (Å²) in [6.45, 7) is 2.17. The van der Waals surface area contributed by atoms with Gasteiger partial charge in [-0.2, -0.15) is 0 Å². The van der Waals surface area contributed by atoms with E-state index in [-0.39, 0.29) is 0 Å². The van der Waals surface area contributed by atoms with Crippen LogP contribution in [0.5, 0.6) is 0 Å². The van der Waals surface area contributed by atoms with E-state index in [2.05, 4.69) is 47.2 Å². The number of fused-ring (bicyclic) bond motifs is 1. The molecule has 0 aliphatic carbocycles. The molecule has 0 spiro atoms. The summed E-state index contributed by atoms with van der Waals surface area (Å²) >= 11 is 0. The van der Waals surface area contributed by atoms with Crippen molar-refractivity contribution in [1.82, 2.24) is 9.97 Å². The number of aromatic nitrogens is 2. The third-order valence-corrected chi connectivity index (χ3v) is 3.12. The van der Waals surface area contributed by atoms with Crippen LogP contribution in [-0.4, -0.2) is 22.2 Å². The molecule has 3 aromatic rings. The summed E-state index contributed by atoms with van der Waals surface area (Å²) in [6, 6.07) is 12.8. The second-order valence-corrected chi connectivity index (χ2v) is 4.15. The molecule has 0 atom stereocenters. The van der Waals surface area contributed by atoms with Crippen LogP contribution in [0.1, 0.15) is 12.5 Å². The number of hydrogen-bond acceptors (Lipinski definition) is 2. The quantitative estimate of drug-likeness (QED) is 0.736. The fraction of sp³-hybridized carbons (Fsp3) is 0.188. The van der Waals surface area contributed by atoms with Gasteiger partial charge in [0.1, 0.15) is 5.65 Å². The molecule has 0 radical (unpaired) electrons. The minimum absolute atomic E-state index is 0.946. The summed E-state index contributed by atoms with van der Waals surface area (Å²) in [5.74, 6) is 0. The Morgan fingerprint density at radius 3 is 2.53 bits per heavy atom. The number of aromatic amines is 1. The van der Waals surface area contributed by atoms with E-state index in [9.17, 15) is 0 Å². The molecule has 3 heteroatoms. The van der Waals surface area contributed by atoms with Crippen molar-refractivity contribution < 1.29 is 5.11 Å². The van der Waals surface area contributed by atoms with Gasteiger partial charge < -0.3 is 10.1 Å². The average molecular weight is 254 g/mol. The Bertz CT molecular complexity index is 641. The van der Waals surface area contributed by atoms with E-state index in [1.165, 1.54) is 22.1 Å². The first-order valence-corrected chi connectivity index (χ1v) is 6.34. The predicted octanol–water partition coefficient (Wildman–Crippen LogP) is 3.40. The molecule has 2 N–H and O–H groups in total. The molecule has 1 aromatic carbocycles. The molecular formula is C16H18N2O. The van der Waals surface area contributed by atoms with Crippen molar-refractivity contribution in [3.8, 4) is 11.1 Å². The number of pyridine rings is 1. The third-order valence-electron chi connectivity index (χ3n) is 3.12. The molecule has 0 amide bonds. The van der Waals surface area contributed by atoms with Crippen molar-refractivity contribution in [1.29, 1.82) is 0 Å². The molecule has 0 aliphatic heterocycles. The van der Waals surface area contributed by atoms with Crippen LogP contribution in [0.4, 0.5) is 0 Å². The SMILES string of the molecule is CCc1ccc(-c2c[nH]c3ncccc23)cc1.CO. The molecule has 3 nitrogen and oxygen atoms in total. The van der Waals surface area contributed by atoms with Gasteiger partial charge in [-0.15, -0.1) is 0 Å². The Kier molecular flexibility index (Phi) is 4.31. The topological polar surface area (TPSA) is 48.9 Å². The second kappa shape index (κ2) is 6.16. The highest BCUT2D eigenvalue weighted by Crippen LogP contribution is 2.27. The van der Waals surface area contributed by atoms with Crippen molar-refractivity contribution in [3.63, 3.8) is 0 Å². The highest BCUT2D eigenvalue weighted by atomic mass is 16.2. The molecule has 0 saturated heterocycles. The molecule has 19 heavy (non-hydrogen) atoms. The smallest absolute Gasteiger partial charge is 0.137 e. The van der Waals surface area contributed by atoms with Gasteiger partial charge in [0.25, 0.3) is 0 Å². The number of nitrogens with one attached hydrogen (secondary N) is 1. The summed E-state index contributed by atoms with van der Waals surface area (Å²) in [6.07, 6.45) is 4.91. The molecule has 2 heterocycles. The minimum Gasteiger partial charge on any atom is -0.400 e. The van der Waals surface area contributed by atoms with E-state index in [1.54, 1.807) is 0 Å². The minimum atomic E-state index is 0.946. The lowest BCUT2D eigenvalue weighted by atomic mass is 10.0. The number of rotatable bonds is 2. The van der Waals surface area contributed by atoms with Gasteiger partial charge in [-0.25, -0.2) is 4.98 Å². The van der Waals surface area contributed by atoms with Crippen molar-refractivity contribution in [3.05, 3.63) is 54.4 Å². The fourth-order valence-corrected chi connectivity index (χ4v) is 2.11. The van der Waals surface area contributed by atoms with Gasteiger partial charge in [0.15, 0.2) is 0 Å². The van der Waals surface area contributed by atoms with E-state index in [0.717, 1.165) is 19.2 Å². The standard InChI is InChI=1S/C15H14N2.CH4O/c1-2-11-5-7-12(8-6-11)14-10-17-15-13(14)4-3-9-16-15;1-2/h3-10H,2H2,1H3,(H,16,17);2H,1H3. The first-order valence-electron chi connectivity index (χ1n) is 6.34. The second-order valence-electron chi connectivity index (χ2n) is 4.15. The lowest BCUT2D eigenvalue weighted by Crippen LogP contribution is -1.80. The number of nitrogens with zero attached hydrogens (tertiary/aromatic N) is 1. The Morgan fingerprint density at radius 2 is 1.84 bits per heavy atom. The van der Waals surface area contributed by atoms with Gasteiger partial charge in [0, 0.05) is 30.5 Å². The van der Waals surface area contributed by atoms with Crippen molar-refractivity contribution >= 4 is 11.0 Å². The fourth-order valence-electron chi connectivity index (χ4n) is 2.11. The van der Waals surface area contributed by atoms with Gasteiger partial charge in [-0.05, 0) is 29.7 Å². The average Bonchev–Trinajstić information content (AvgIpc) is 2.93. The van der Waals surface area contributed by atoms with Crippen molar-refractivity contribution in [2.45, 2.75) is 13.3 Å². The summed E-state index contributed by atoms with van der Waals surface area (Å²) in [4.78, 5) is 7.51. The molecule has 3 rings (SSSR count). The highest BCUT2D eigenvalue weighted by Gasteiger charge is 2.05. The van der Waals surface area contributed by atoms with Crippen LogP contribution >= 0.6 is 0 Å². The van der Waals surface area contributed by atoms with Crippen LogP contribution in [0.3, 0.4) is 0 Å². The lowest BCUT2D eigenvalue weighted by molar-refractivity contribution is 0.399. The maximum atomic E-state index is 7.00.